The van der Waals surface area contributed by atoms with E-state index in [2.05, 4.69) is 19.9 Å². The van der Waals surface area contributed by atoms with Gasteiger partial charge in [0.05, 0.1) is 11.7 Å². The van der Waals surface area contributed by atoms with E-state index in [4.69, 9.17) is 0 Å². The van der Waals surface area contributed by atoms with E-state index < -0.39 is 0 Å². The summed E-state index contributed by atoms with van der Waals surface area (Å²) in [4.78, 5) is 15.9. The molecule has 0 spiro atoms. The fraction of sp³-hybridized carbons (Fsp3) is 0.667. The first kappa shape index (κ1) is 12.6. The first-order valence-corrected chi connectivity index (χ1v) is 7.53. The summed E-state index contributed by atoms with van der Waals surface area (Å²) < 4.78 is 0. The molecule has 0 aromatic carbocycles. The van der Waals surface area contributed by atoms with Gasteiger partial charge in [0, 0.05) is 25.5 Å². The lowest BCUT2D eigenvalue weighted by Gasteiger charge is -2.17. The predicted octanol–water partition coefficient (Wildman–Crippen LogP) is 2.83. The summed E-state index contributed by atoms with van der Waals surface area (Å²) in [6.45, 7) is 2.17. The maximum atomic E-state index is 4.69. The van der Waals surface area contributed by atoms with Gasteiger partial charge in [-0.3, -0.25) is 4.99 Å². The minimum atomic E-state index is 0.513. The van der Waals surface area contributed by atoms with E-state index in [1.165, 1.54) is 44.9 Å². The van der Waals surface area contributed by atoms with Crippen LogP contribution in [0.2, 0.25) is 0 Å². The number of rotatable bonds is 3. The summed E-state index contributed by atoms with van der Waals surface area (Å²) >= 11 is 0. The van der Waals surface area contributed by atoms with Crippen LogP contribution in [0.25, 0.3) is 0 Å². The van der Waals surface area contributed by atoms with Crippen LogP contribution in [0.1, 0.15) is 50.6 Å². The molecule has 1 aliphatic heterocycles. The molecule has 4 heteroatoms. The minimum Gasteiger partial charge on any atom is -0.341 e. The van der Waals surface area contributed by atoms with Gasteiger partial charge in [-0.05, 0) is 31.7 Å². The summed E-state index contributed by atoms with van der Waals surface area (Å²) in [6.07, 6.45) is 12.8. The second-order valence-corrected chi connectivity index (χ2v) is 5.55. The molecule has 0 radical (unpaired) electrons. The highest BCUT2D eigenvalue weighted by Gasteiger charge is 2.15. The fourth-order valence-corrected chi connectivity index (χ4v) is 2.92. The molecule has 0 unspecified atom stereocenters. The van der Waals surface area contributed by atoms with Crippen molar-refractivity contribution in [2.24, 2.45) is 4.99 Å². The monoisotopic (exact) mass is 258 g/mol. The van der Waals surface area contributed by atoms with Crippen molar-refractivity contribution >= 4 is 12.2 Å². The first-order valence-electron chi connectivity index (χ1n) is 7.53. The van der Waals surface area contributed by atoms with Gasteiger partial charge in [-0.15, -0.1) is 0 Å². The van der Waals surface area contributed by atoms with Gasteiger partial charge in [-0.1, -0.05) is 19.3 Å². The van der Waals surface area contributed by atoms with Crippen LogP contribution in [0.15, 0.2) is 17.3 Å². The second-order valence-electron chi connectivity index (χ2n) is 5.55. The Morgan fingerprint density at radius 3 is 2.68 bits per heavy atom. The number of aromatic nitrogens is 2. The molecule has 0 bridgehead atoms. The number of anilines is 1. The molecule has 2 heterocycles. The zero-order chi connectivity index (χ0) is 12.9. The van der Waals surface area contributed by atoms with Crippen molar-refractivity contribution in [2.75, 3.05) is 18.0 Å². The highest BCUT2D eigenvalue weighted by molar-refractivity contribution is 5.77. The summed E-state index contributed by atoms with van der Waals surface area (Å²) in [7, 11) is 0. The molecule has 2 fully saturated rings. The van der Waals surface area contributed by atoms with E-state index in [-0.39, 0.29) is 0 Å². The average Bonchev–Trinajstić information content (AvgIpc) is 3.01. The second kappa shape index (κ2) is 6.13. The van der Waals surface area contributed by atoms with Gasteiger partial charge in [0.1, 0.15) is 0 Å². The smallest absolute Gasteiger partial charge is 0.225 e. The molecule has 0 amide bonds. The van der Waals surface area contributed by atoms with Crippen molar-refractivity contribution in [3.8, 4) is 0 Å². The Morgan fingerprint density at radius 2 is 1.89 bits per heavy atom. The maximum absolute atomic E-state index is 4.69. The summed E-state index contributed by atoms with van der Waals surface area (Å²) in [5, 5.41) is 0. The van der Waals surface area contributed by atoms with Crippen molar-refractivity contribution in [2.45, 2.75) is 51.0 Å². The van der Waals surface area contributed by atoms with Gasteiger partial charge in [0.25, 0.3) is 0 Å². The molecule has 1 aliphatic carbocycles. The third kappa shape index (κ3) is 3.31. The highest BCUT2D eigenvalue weighted by atomic mass is 15.3. The molecule has 3 rings (SSSR count). The van der Waals surface area contributed by atoms with E-state index in [0.29, 0.717) is 6.04 Å². The Kier molecular flexibility index (Phi) is 4.06. The van der Waals surface area contributed by atoms with Crippen LogP contribution in [0.5, 0.6) is 0 Å². The lowest BCUT2D eigenvalue weighted by Crippen LogP contribution is -2.20. The van der Waals surface area contributed by atoms with Gasteiger partial charge in [0.2, 0.25) is 5.95 Å². The predicted molar refractivity (Wildman–Crippen MR) is 77.9 cm³/mol. The number of hydrogen-bond donors (Lipinski definition) is 0. The lowest BCUT2D eigenvalue weighted by molar-refractivity contribution is 0.444. The molecule has 1 aromatic rings. The Balaban J connectivity index is 1.66. The van der Waals surface area contributed by atoms with E-state index in [1.807, 2.05) is 18.5 Å². The Morgan fingerprint density at radius 1 is 1.11 bits per heavy atom. The van der Waals surface area contributed by atoms with E-state index >= 15 is 0 Å². The largest absolute Gasteiger partial charge is 0.341 e. The number of hydrogen-bond acceptors (Lipinski definition) is 4. The summed E-state index contributed by atoms with van der Waals surface area (Å²) in [6, 6.07) is 2.46. The molecule has 1 saturated carbocycles. The summed E-state index contributed by atoms with van der Waals surface area (Å²) in [5.41, 5.74) is 0.947. The molecule has 102 valence electrons. The summed E-state index contributed by atoms with van der Waals surface area (Å²) in [5.74, 6) is 0.866. The average molecular weight is 258 g/mol. The number of nitrogens with zero attached hydrogens (tertiary/aromatic N) is 4. The fourth-order valence-electron chi connectivity index (χ4n) is 2.92. The Labute approximate surface area is 115 Å². The van der Waals surface area contributed by atoms with Gasteiger partial charge in [-0.2, -0.15) is 0 Å². The van der Waals surface area contributed by atoms with Crippen molar-refractivity contribution < 1.29 is 0 Å². The molecule has 1 saturated heterocycles. The Bertz CT molecular complexity index is 432. The van der Waals surface area contributed by atoms with Crippen LogP contribution in [-0.2, 0) is 0 Å². The van der Waals surface area contributed by atoms with Crippen LogP contribution in [0.3, 0.4) is 0 Å². The maximum Gasteiger partial charge on any atom is 0.225 e. The zero-order valence-corrected chi connectivity index (χ0v) is 11.5. The minimum absolute atomic E-state index is 0.513. The van der Waals surface area contributed by atoms with E-state index in [1.54, 1.807) is 0 Å². The van der Waals surface area contributed by atoms with Crippen molar-refractivity contribution in [3.05, 3.63) is 18.0 Å². The van der Waals surface area contributed by atoms with Crippen molar-refractivity contribution in [3.63, 3.8) is 0 Å². The third-order valence-corrected chi connectivity index (χ3v) is 4.05. The van der Waals surface area contributed by atoms with Gasteiger partial charge < -0.3 is 4.90 Å². The van der Waals surface area contributed by atoms with Gasteiger partial charge in [-0.25, -0.2) is 9.97 Å². The van der Waals surface area contributed by atoms with Crippen LogP contribution in [0.4, 0.5) is 5.95 Å². The van der Waals surface area contributed by atoms with Crippen LogP contribution in [0, 0.1) is 0 Å². The van der Waals surface area contributed by atoms with Crippen molar-refractivity contribution in [1.82, 2.24) is 9.97 Å². The quantitative estimate of drug-likeness (QED) is 0.783. The highest BCUT2D eigenvalue weighted by Crippen LogP contribution is 2.20. The molecule has 0 atom stereocenters. The third-order valence-electron chi connectivity index (χ3n) is 4.05. The van der Waals surface area contributed by atoms with E-state index in [9.17, 15) is 0 Å². The molecular formula is C15H22N4. The van der Waals surface area contributed by atoms with Crippen molar-refractivity contribution in [1.29, 1.82) is 0 Å². The SMILES string of the molecule is C(=NC1CCCCC1)c1ccnc(N2CCCC2)n1. The molecular weight excluding hydrogens is 236 g/mol. The van der Waals surface area contributed by atoms with Gasteiger partial charge in [0.15, 0.2) is 0 Å². The molecule has 4 nitrogen and oxygen atoms in total. The lowest BCUT2D eigenvalue weighted by atomic mass is 9.96. The molecule has 19 heavy (non-hydrogen) atoms. The molecule has 0 N–H and O–H groups in total. The van der Waals surface area contributed by atoms with Crippen LogP contribution in [-0.4, -0.2) is 35.3 Å². The van der Waals surface area contributed by atoms with Crippen LogP contribution < -0.4 is 4.90 Å². The van der Waals surface area contributed by atoms with E-state index in [0.717, 1.165) is 24.7 Å². The molecule has 2 aliphatic rings. The Hall–Kier alpha value is -1.45. The topological polar surface area (TPSA) is 41.4 Å². The van der Waals surface area contributed by atoms with Gasteiger partial charge >= 0.3 is 0 Å². The van der Waals surface area contributed by atoms with Crippen LogP contribution >= 0.6 is 0 Å². The molecule has 1 aromatic heterocycles. The first-order chi connectivity index (χ1) is 9.42. The number of aliphatic imine (C=N–C) groups is 1. The normalized spacial score (nSPS) is 21.4. The standard InChI is InChI=1S/C15H22N4/c1-2-6-13(7-3-1)17-12-14-8-9-16-15(18-14)19-10-4-5-11-19/h8-9,12-13H,1-7,10-11H2. The zero-order valence-electron chi connectivity index (χ0n) is 11.5.